The topological polar surface area (TPSA) is 37.3 Å². The van der Waals surface area contributed by atoms with E-state index in [0.717, 1.165) is 24.3 Å². The van der Waals surface area contributed by atoms with E-state index in [0.29, 0.717) is 0 Å². The monoisotopic (exact) mass is 354 g/mol. The van der Waals surface area contributed by atoms with E-state index < -0.39 is 45.6 Å². The highest BCUT2D eigenvalue weighted by atomic mass is 19.2. The van der Waals surface area contributed by atoms with Crippen LogP contribution in [0.1, 0.15) is 55.1 Å². The first-order valence-electron chi connectivity index (χ1n) is 7.88. The van der Waals surface area contributed by atoms with E-state index in [9.17, 15) is 27.5 Å². The van der Waals surface area contributed by atoms with Gasteiger partial charge in [-0.3, -0.25) is 4.79 Å². The maximum Gasteiger partial charge on any atom is 0.199 e. The van der Waals surface area contributed by atoms with Gasteiger partial charge in [-0.1, -0.05) is 20.8 Å². The van der Waals surface area contributed by atoms with Crippen molar-refractivity contribution in [3.05, 3.63) is 64.2 Å². The summed E-state index contributed by atoms with van der Waals surface area (Å²) < 4.78 is 58.0. The van der Waals surface area contributed by atoms with Crippen LogP contribution in [0.3, 0.4) is 0 Å². The molecular weight excluding hydrogens is 336 g/mol. The number of phenols is 1. The number of carbonyl (C=O) groups is 1. The molecule has 2 rings (SSSR count). The molecule has 0 radical (unpaired) electrons. The zero-order valence-electron chi connectivity index (χ0n) is 14.1. The average Bonchev–Trinajstić information content (AvgIpc) is 2.60. The van der Waals surface area contributed by atoms with Crippen molar-refractivity contribution >= 4 is 5.78 Å². The summed E-state index contributed by atoms with van der Waals surface area (Å²) in [5.41, 5.74) is -3.26. The number of carbonyl (C=O) groups excluding carboxylic acids is 1. The Kier molecular flexibility index (Phi) is 5.20. The largest absolute Gasteiger partial charge is 0.508 e. The van der Waals surface area contributed by atoms with E-state index >= 15 is 0 Å². The van der Waals surface area contributed by atoms with Crippen molar-refractivity contribution in [1.82, 2.24) is 0 Å². The fourth-order valence-electron chi connectivity index (χ4n) is 2.72. The van der Waals surface area contributed by atoms with Crippen molar-refractivity contribution < 1.29 is 27.5 Å². The minimum atomic E-state index is -1.71. The number of ketones is 1. The van der Waals surface area contributed by atoms with Gasteiger partial charge in [0.2, 0.25) is 0 Å². The van der Waals surface area contributed by atoms with Gasteiger partial charge in [0, 0.05) is 11.1 Å². The van der Waals surface area contributed by atoms with Crippen molar-refractivity contribution in [3.63, 3.8) is 0 Å². The molecule has 1 N–H and O–H groups in total. The first kappa shape index (κ1) is 19.0. The second-order valence-electron chi connectivity index (χ2n) is 6.15. The van der Waals surface area contributed by atoms with Crippen LogP contribution < -0.4 is 0 Å². The molecule has 0 amide bonds. The van der Waals surface area contributed by atoms with Gasteiger partial charge in [0.05, 0.1) is 0 Å². The Morgan fingerprint density at radius 3 is 1.76 bits per heavy atom. The molecule has 0 unspecified atom stereocenters. The number of halogens is 4. The Balaban J connectivity index is 2.70. The summed E-state index contributed by atoms with van der Waals surface area (Å²) in [5, 5.41) is 9.21. The Bertz CT molecular complexity index is 780. The molecule has 6 heteroatoms. The van der Waals surface area contributed by atoms with E-state index in [1.807, 2.05) is 0 Å². The van der Waals surface area contributed by atoms with Gasteiger partial charge in [-0.25, -0.2) is 17.6 Å². The van der Waals surface area contributed by atoms with Gasteiger partial charge in [-0.15, -0.1) is 0 Å². The highest BCUT2D eigenvalue weighted by Crippen LogP contribution is 2.38. The number of aromatic hydroxyl groups is 1. The predicted molar refractivity (Wildman–Crippen MR) is 85.7 cm³/mol. The summed E-state index contributed by atoms with van der Waals surface area (Å²) in [6, 6.07) is 4.50. The van der Waals surface area contributed by atoms with E-state index in [1.165, 1.54) is 6.92 Å². The number of rotatable bonds is 5. The molecule has 0 saturated carbocycles. The third-order valence-corrected chi connectivity index (χ3v) is 4.78. The van der Waals surface area contributed by atoms with Gasteiger partial charge >= 0.3 is 0 Å². The van der Waals surface area contributed by atoms with Crippen molar-refractivity contribution in [3.8, 4) is 5.75 Å². The van der Waals surface area contributed by atoms with Crippen LogP contribution in [0.25, 0.3) is 0 Å². The number of hydrogen-bond acceptors (Lipinski definition) is 2. The molecule has 0 saturated heterocycles. The SMILES string of the molecule is CCC(C)(CC)c1c(F)c(F)c(C(=O)c2ccc(O)cc2)c(F)c1F. The minimum absolute atomic E-state index is 0.160. The van der Waals surface area contributed by atoms with Gasteiger partial charge in [0.1, 0.15) is 11.3 Å². The number of hydrogen-bond donors (Lipinski definition) is 1. The fourth-order valence-corrected chi connectivity index (χ4v) is 2.72. The molecule has 2 aromatic carbocycles. The number of benzene rings is 2. The Morgan fingerprint density at radius 2 is 1.36 bits per heavy atom. The summed E-state index contributed by atoms with van der Waals surface area (Å²) >= 11 is 0. The van der Waals surface area contributed by atoms with E-state index in [2.05, 4.69) is 0 Å². The van der Waals surface area contributed by atoms with E-state index in [4.69, 9.17) is 0 Å². The Morgan fingerprint density at radius 1 is 0.920 bits per heavy atom. The lowest BCUT2D eigenvalue weighted by Gasteiger charge is -2.29. The molecule has 2 nitrogen and oxygen atoms in total. The quantitative estimate of drug-likeness (QED) is 0.452. The van der Waals surface area contributed by atoms with Crippen LogP contribution in [0.4, 0.5) is 17.6 Å². The van der Waals surface area contributed by atoms with Crippen LogP contribution in [-0.2, 0) is 5.41 Å². The summed E-state index contributed by atoms with van der Waals surface area (Å²) in [5.74, 6) is -7.87. The fraction of sp³-hybridized carbons (Fsp3) is 0.316. The molecule has 0 heterocycles. The summed E-state index contributed by atoms with van der Waals surface area (Å²) in [4.78, 5) is 12.3. The predicted octanol–water partition coefficient (Wildman–Crippen LogP) is 5.26. The zero-order chi connectivity index (χ0) is 18.9. The summed E-state index contributed by atoms with van der Waals surface area (Å²) in [6.07, 6.45) is 0.531. The zero-order valence-corrected chi connectivity index (χ0v) is 14.1. The molecule has 0 aliphatic carbocycles. The van der Waals surface area contributed by atoms with Crippen LogP contribution in [-0.4, -0.2) is 10.9 Å². The molecule has 25 heavy (non-hydrogen) atoms. The standard InChI is InChI=1S/C19H18F4O2/c1-4-19(3,5-2)13-16(22)14(20)12(15(21)17(13)23)18(25)10-6-8-11(24)9-7-10/h6-9,24H,4-5H2,1-3H3. The first-order valence-corrected chi connectivity index (χ1v) is 7.88. The first-order chi connectivity index (χ1) is 11.7. The van der Waals surface area contributed by atoms with Crippen LogP contribution in [0, 0.1) is 23.3 Å². The molecule has 0 atom stereocenters. The maximum atomic E-state index is 14.5. The number of phenolic OH excluding ortho intramolecular Hbond substituents is 1. The third kappa shape index (κ3) is 3.13. The van der Waals surface area contributed by atoms with Gasteiger partial charge in [0.15, 0.2) is 29.1 Å². The lowest BCUT2D eigenvalue weighted by atomic mass is 9.76. The van der Waals surface area contributed by atoms with Gasteiger partial charge < -0.3 is 5.11 Å². The third-order valence-electron chi connectivity index (χ3n) is 4.78. The van der Waals surface area contributed by atoms with Crippen molar-refractivity contribution in [1.29, 1.82) is 0 Å². The van der Waals surface area contributed by atoms with Crippen LogP contribution in [0.15, 0.2) is 24.3 Å². The highest BCUT2D eigenvalue weighted by molar-refractivity contribution is 6.09. The lowest BCUT2D eigenvalue weighted by molar-refractivity contribution is 0.102. The second-order valence-corrected chi connectivity index (χ2v) is 6.15. The molecule has 134 valence electrons. The van der Waals surface area contributed by atoms with Gasteiger partial charge in [0.25, 0.3) is 0 Å². The maximum absolute atomic E-state index is 14.5. The molecular formula is C19H18F4O2. The van der Waals surface area contributed by atoms with Crippen molar-refractivity contribution in [2.24, 2.45) is 0 Å². The Labute approximate surface area is 143 Å². The molecule has 0 spiro atoms. The lowest BCUT2D eigenvalue weighted by Crippen LogP contribution is -2.26. The van der Waals surface area contributed by atoms with Gasteiger partial charge in [-0.2, -0.15) is 0 Å². The average molecular weight is 354 g/mol. The van der Waals surface area contributed by atoms with Crippen LogP contribution in [0.2, 0.25) is 0 Å². The van der Waals surface area contributed by atoms with Crippen molar-refractivity contribution in [2.75, 3.05) is 0 Å². The molecule has 0 bridgehead atoms. The molecule has 0 aromatic heterocycles. The van der Waals surface area contributed by atoms with Crippen LogP contribution >= 0.6 is 0 Å². The molecule has 0 aliphatic rings. The van der Waals surface area contributed by atoms with E-state index in [1.54, 1.807) is 13.8 Å². The van der Waals surface area contributed by atoms with E-state index in [-0.39, 0.29) is 24.2 Å². The molecule has 0 fully saturated rings. The van der Waals surface area contributed by atoms with Gasteiger partial charge in [-0.05, 0) is 42.5 Å². The van der Waals surface area contributed by atoms with Crippen LogP contribution in [0.5, 0.6) is 5.75 Å². The van der Waals surface area contributed by atoms with Crippen molar-refractivity contribution in [2.45, 2.75) is 39.0 Å². The summed E-state index contributed by atoms with van der Waals surface area (Å²) in [6.45, 7) is 4.83. The smallest absolute Gasteiger partial charge is 0.199 e. The normalized spacial score (nSPS) is 11.6. The highest BCUT2D eigenvalue weighted by Gasteiger charge is 2.37. The second kappa shape index (κ2) is 6.86. The molecule has 2 aromatic rings. The Hall–Kier alpha value is -2.37. The summed E-state index contributed by atoms with van der Waals surface area (Å²) in [7, 11) is 0. The molecule has 0 aliphatic heterocycles. The minimum Gasteiger partial charge on any atom is -0.508 e.